The van der Waals surface area contributed by atoms with E-state index in [4.69, 9.17) is 28.9 Å². The van der Waals surface area contributed by atoms with Crippen molar-refractivity contribution in [2.45, 2.75) is 10.1 Å². The molecule has 0 radical (unpaired) electrons. The van der Waals surface area contributed by atoms with E-state index in [1.54, 1.807) is 18.3 Å². The number of aromatic nitrogens is 3. The number of hydrogen-bond donors (Lipinski definition) is 1. The first-order chi connectivity index (χ1) is 7.68. The summed E-state index contributed by atoms with van der Waals surface area (Å²) >= 11 is 13.0. The molecule has 0 amide bonds. The van der Waals surface area contributed by atoms with Gasteiger partial charge in [-0.25, -0.2) is 15.0 Å². The normalized spacial score (nSPS) is 10.4. The van der Waals surface area contributed by atoms with Crippen LogP contribution in [0.4, 0.5) is 5.69 Å². The van der Waals surface area contributed by atoms with E-state index in [1.165, 1.54) is 18.1 Å². The summed E-state index contributed by atoms with van der Waals surface area (Å²) in [5.74, 6) is 0. The SMILES string of the molecule is Nc1c(Cl)ncnc1Sc1ncccc1Cl. The molecule has 0 aliphatic rings. The van der Waals surface area contributed by atoms with Gasteiger partial charge in [-0.2, -0.15) is 0 Å². The van der Waals surface area contributed by atoms with Crippen molar-refractivity contribution in [1.29, 1.82) is 0 Å². The van der Waals surface area contributed by atoms with E-state index in [-0.39, 0.29) is 5.15 Å². The molecular weight excluding hydrogens is 267 g/mol. The Kier molecular flexibility index (Phi) is 3.48. The minimum Gasteiger partial charge on any atom is -0.394 e. The Bertz CT molecular complexity index is 521. The van der Waals surface area contributed by atoms with Crippen LogP contribution in [0.15, 0.2) is 34.7 Å². The summed E-state index contributed by atoms with van der Waals surface area (Å²) in [5.41, 5.74) is 6.06. The molecule has 4 nitrogen and oxygen atoms in total. The molecule has 0 bridgehead atoms. The lowest BCUT2D eigenvalue weighted by molar-refractivity contribution is 1.04. The van der Waals surface area contributed by atoms with E-state index < -0.39 is 0 Å². The number of halogens is 2. The number of nitrogens with two attached hydrogens (primary N) is 1. The van der Waals surface area contributed by atoms with Crippen molar-refractivity contribution in [3.63, 3.8) is 0 Å². The zero-order chi connectivity index (χ0) is 11.5. The third kappa shape index (κ3) is 2.37. The second-order valence-corrected chi connectivity index (χ2v) is 4.52. The first-order valence-corrected chi connectivity index (χ1v) is 5.80. The van der Waals surface area contributed by atoms with Gasteiger partial charge in [-0.15, -0.1) is 0 Å². The van der Waals surface area contributed by atoms with E-state index in [9.17, 15) is 0 Å². The molecule has 0 unspecified atom stereocenters. The maximum absolute atomic E-state index is 5.97. The molecule has 0 saturated heterocycles. The van der Waals surface area contributed by atoms with E-state index in [1.807, 2.05) is 0 Å². The molecule has 0 fully saturated rings. The zero-order valence-corrected chi connectivity index (χ0v) is 10.2. The topological polar surface area (TPSA) is 64.7 Å². The molecule has 7 heteroatoms. The summed E-state index contributed by atoms with van der Waals surface area (Å²) in [6.07, 6.45) is 2.99. The van der Waals surface area contributed by atoms with Crippen molar-refractivity contribution < 1.29 is 0 Å². The van der Waals surface area contributed by atoms with E-state index in [0.29, 0.717) is 20.8 Å². The van der Waals surface area contributed by atoms with Crippen LogP contribution < -0.4 is 5.73 Å². The molecule has 16 heavy (non-hydrogen) atoms. The molecular formula is C9H6Cl2N4S. The summed E-state index contributed by atoms with van der Waals surface area (Å²) < 4.78 is 0. The van der Waals surface area contributed by atoms with Gasteiger partial charge in [0, 0.05) is 6.20 Å². The van der Waals surface area contributed by atoms with Crippen LogP contribution in [0.2, 0.25) is 10.2 Å². The van der Waals surface area contributed by atoms with Crippen LogP contribution in [0, 0.1) is 0 Å². The molecule has 2 aromatic rings. The van der Waals surface area contributed by atoms with Gasteiger partial charge in [-0.05, 0) is 23.9 Å². The highest BCUT2D eigenvalue weighted by Gasteiger charge is 2.10. The first-order valence-electron chi connectivity index (χ1n) is 4.23. The standard InChI is InChI=1S/C9H6Cl2N4S/c10-5-2-1-3-13-8(5)16-9-6(12)7(11)14-4-15-9/h1-4H,12H2. The molecule has 0 saturated carbocycles. The highest BCUT2D eigenvalue weighted by Crippen LogP contribution is 2.34. The molecule has 0 spiro atoms. The van der Waals surface area contributed by atoms with Crippen molar-refractivity contribution in [2.24, 2.45) is 0 Å². The van der Waals surface area contributed by atoms with Crippen LogP contribution in [-0.2, 0) is 0 Å². The average molecular weight is 273 g/mol. The van der Waals surface area contributed by atoms with Gasteiger partial charge in [0.2, 0.25) is 0 Å². The Hall–Kier alpha value is -1.04. The van der Waals surface area contributed by atoms with Gasteiger partial charge in [-0.1, -0.05) is 23.2 Å². The molecule has 82 valence electrons. The van der Waals surface area contributed by atoms with Gasteiger partial charge in [0.15, 0.2) is 5.15 Å². The van der Waals surface area contributed by atoms with Gasteiger partial charge in [0.25, 0.3) is 0 Å². The molecule has 2 N–H and O–H groups in total. The monoisotopic (exact) mass is 272 g/mol. The van der Waals surface area contributed by atoms with Gasteiger partial charge in [0.05, 0.1) is 5.02 Å². The van der Waals surface area contributed by atoms with Crippen LogP contribution >= 0.6 is 35.0 Å². The van der Waals surface area contributed by atoms with Crippen molar-refractivity contribution >= 4 is 40.7 Å². The number of rotatable bonds is 2. The van der Waals surface area contributed by atoms with Crippen molar-refractivity contribution in [3.8, 4) is 0 Å². The maximum Gasteiger partial charge on any atom is 0.156 e. The number of pyridine rings is 1. The lowest BCUT2D eigenvalue weighted by Crippen LogP contribution is -1.95. The van der Waals surface area contributed by atoms with Crippen molar-refractivity contribution in [1.82, 2.24) is 15.0 Å². The molecule has 2 aromatic heterocycles. The Morgan fingerprint density at radius 1 is 1.12 bits per heavy atom. The molecule has 2 heterocycles. The Balaban J connectivity index is 2.35. The summed E-state index contributed by atoms with van der Waals surface area (Å²) in [7, 11) is 0. The average Bonchev–Trinajstić information content (AvgIpc) is 2.28. The smallest absolute Gasteiger partial charge is 0.156 e. The minimum atomic E-state index is 0.226. The van der Waals surface area contributed by atoms with Crippen molar-refractivity contribution in [3.05, 3.63) is 34.8 Å². The number of hydrogen-bond acceptors (Lipinski definition) is 5. The van der Waals surface area contributed by atoms with Crippen LogP contribution in [0.25, 0.3) is 0 Å². The predicted molar refractivity (Wildman–Crippen MR) is 64.8 cm³/mol. The lowest BCUT2D eigenvalue weighted by atomic mass is 10.5. The van der Waals surface area contributed by atoms with Gasteiger partial charge < -0.3 is 5.73 Å². The van der Waals surface area contributed by atoms with Gasteiger partial charge in [0.1, 0.15) is 22.1 Å². The largest absolute Gasteiger partial charge is 0.394 e. The molecule has 0 aliphatic carbocycles. The quantitative estimate of drug-likeness (QED) is 0.852. The summed E-state index contributed by atoms with van der Waals surface area (Å²) in [5, 5.41) is 1.94. The molecule has 2 rings (SSSR count). The van der Waals surface area contributed by atoms with Gasteiger partial charge >= 0.3 is 0 Å². The summed E-state index contributed by atoms with van der Waals surface area (Å²) in [6, 6.07) is 3.50. The zero-order valence-electron chi connectivity index (χ0n) is 7.89. The highest BCUT2D eigenvalue weighted by atomic mass is 35.5. The fourth-order valence-corrected chi connectivity index (χ4v) is 2.17. The Morgan fingerprint density at radius 3 is 2.69 bits per heavy atom. The minimum absolute atomic E-state index is 0.226. The van der Waals surface area contributed by atoms with Gasteiger partial charge in [-0.3, -0.25) is 0 Å². The molecule has 0 aliphatic heterocycles. The lowest BCUT2D eigenvalue weighted by Gasteiger charge is -2.04. The summed E-state index contributed by atoms with van der Waals surface area (Å²) in [6.45, 7) is 0. The number of nitrogen functional groups attached to an aromatic ring is 1. The van der Waals surface area contributed by atoms with E-state index in [2.05, 4.69) is 15.0 Å². The first kappa shape index (κ1) is 11.4. The molecule has 0 atom stereocenters. The summed E-state index contributed by atoms with van der Waals surface area (Å²) in [4.78, 5) is 11.9. The Labute approximate surface area is 106 Å². The highest BCUT2D eigenvalue weighted by molar-refractivity contribution is 7.99. The molecule has 0 aromatic carbocycles. The van der Waals surface area contributed by atoms with Crippen LogP contribution in [-0.4, -0.2) is 15.0 Å². The number of nitrogens with zero attached hydrogens (tertiary/aromatic N) is 3. The van der Waals surface area contributed by atoms with E-state index in [0.717, 1.165) is 0 Å². The van der Waals surface area contributed by atoms with Crippen LogP contribution in [0.1, 0.15) is 0 Å². The second-order valence-electron chi connectivity index (χ2n) is 2.78. The van der Waals surface area contributed by atoms with E-state index >= 15 is 0 Å². The van der Waals surface area contributed by atoms with Crippen LogP contribution in [0.5, 0.6) is 0 Å². The third-order valence-electron chi connectivity index (χ3n) is 1.72. The van der Waals surface area contributed by atoms with Crippen LogP contribution in [0.3, 0.4) is 0 Å². The Morgan fingerprint density at radius 2 is 1.94 bits per heavy atom. The fourth-order valence-electron chi connectivity index (χ4n) is 0.979. The predicted octanol–water partition coefficient (Wildman–Crippen LogP) is 2.91. The third-order valence-corrected chi connectivity index (χ3v) is 3.47. The van der Waals surface area contributed by atoms with Crippen molar-refractivity contribution in [2.75, 3.05) is 5.73 Å². The second kappa shape index (κ2) is 4.86. The number of anilines is 1. The maximum atomic E-state index is 5.97. The fraction of sp³-hybridized carbons (Fsp3) is 0.